The summed E-state index contributed by atoms with van der Waals surface area (Å²) in [5, 5.41) is 30.1. The molecule has 0 aliphatic rings. The number of carboxylic acid groups (broad SMARTS) is 1. The van der Waals surface area contributed by atoms with Crippen molar-refractivity contribution >= 4 is 11.8 Å². The number of aliphatic carboxylic acids is 1. The highest BCUT2D eigenvalue weighted by Gasteiger charge is 2.45. The second-order valence-electron chi connectivity index (χ2n) is 11.7. The standard InChI is InChI=1S/C29H57NO5/c1-5-6-7-8-9-10-11-12-13-14-15-16-17-18-19-20-21-22-23-26(31)28(34)29(35,24-27(32)33)25-30(2,3)4/h26,31,35H,5-25H2,1-4H3/p+1. The molecular formula is C29H58NO5+. The molecule has 0 radical (unpaired) electrons. The van der Waals surface area contributed by atoms with Crippen LogP contribution >= 0.6 is 0 Å². The van der Waals surface area contributed by atoms with Crippen LogP contribution in [0.3, 0.4) is 0 Å². The summed E-state index contributed by atoms with van der Waals surface area (Å²) in [7, 11) is 5.34. The molecule has 0 heterocycles. The number of unbranched alkanes of at least 4 members (excludes halogenated alkanes) is 17. The third-order valence-electron chi connectivity index (χ3n) is 6.77. The molecule has 6 nitrogen and oxygen atoms in total. The number of aliphatic hydroxyl groups excluding tert-OH is 1. The van der Waals surface area contributed by atoms with Gasteiger partial charge < -0.3 is 19.8 Å². The number of quaternary nitrogens is 1. The molecule has 0 saturated carbocycles. The van der Waals surface area contributed by atoms with Crippen LogP contribution in [-0.4, -0.2) is 70.9 Å². The van der Waals surface area contributed by atoms with E-state index in [1.807, 2.05) is 0 Å². The molecule has 6 heteroatoms. The first-order valence-corrected chi connectivity index (χ1v) is 14.5. The van der Waals surface area contributed by atoms with Crippen LogP contribution in [-0.2, 0) is 9.59 Å². The smallest absolute Gasteiger partial charge is 0.306 e. The van der Waals surface area contributed by atoms with Crippen molar-refractivity contribution < 1.29 is 29.4 Å². The Morgan fingerprint density at radius 2 is 1.03 bits per heavy atom. The first kappa shape index (κ1) is 34.0. The summed E-state index contributed by atoms with van der Waals surface area (Å²) >= 11 is 0. The van der Waals surface area contributed by atoms with Gasteiger partial charge in [0.05, 0.1) is 27.6 Å². The first-order valence-electron chi connectivity index (χ1n) is 14.5. The summed E-state index contributed by atoms with van der Waals surface area (Å²) in [6.45, 7) is 2.22. The Balaban J connectivity index is 3.74. The lowest BCUT2D eigenvalue weighted by atomic mass is 9.88. The number of likely N-dealkylation sites (N-methyl/N-ethyl adjacent to an activating group) is 1. The van der Waals surface area contributed by atoms with Crippen LogP contribution in [0.4, 0.5) is 0 Å². The minimum atomic E-state index is -2.04. The van der Waals surface area contributed by atoms with Gasteiger partial charge in [-0.1, -0.05) is 122 Å². The fourth-order valence-corrected chi connectivity index (χ4v) is 4.94. The number of hydrogen-bond acceptors (Lipinski definition) is 4. The first-order chi connectivity index (χ1) is 16.5. The van der Waals surface area contributed by atoms with E-state index >= 15 is 0 Å². The number of nitrogens with zero attached hydrogens (tertiary/aromatic N) is 1. The van der Waals surface area contributed by atoms with Gasteiger partial charge in [0.15, 0.2) is 11.4 Å². The maximum atomic E-state index is 12.6. The van der Waals surface area contributed by atoms with E-state index in [0.717, 1.165) is 12.8 Å². The highest BCUT2D eigenvalue weighted by Crippen LogP contribution is 2.21. The molecule has 0 saturated heterocycles. The van der Waals surface area contributed by atoms with E-state index < -0.39 is 29.9 Å². The molecule has 2 atom stereocenters. The van der Waals surface area contributed by atoms with Crippen molar-refractivity contribution in [2.24, 2.45) is 0 Å². The molecule has 0 amide bonds. The SMILES string of the molecule is CCCCCCCCCCCCCCCCCCCCC(O)C(=O)C(O)(CC(=O)O)C[N+](C)(C)C. The largest absolute Gasteiger partial charge is 0.481 e. The lowest BCUT2D eigenvalue weighted by molar-refractivity contribution is -0.875. The molecule has 3 N–H and O–H groups in total. The van der Waals surface area contributed by atoms with Crippen molar-refractivity contribution in [1.29, 1.82) is 0 Å². The third kappa shape index (κ3) is 19.8. The minimum absolute atomic E-state index is 0.0473. The van der Waals surface area contributed by atoms with Gasteiger partial charge in [0.25, 0.3) is 0 Å². The quantitative estimate of drug-likeness (QED) is 0.102. The summed E-state index contributed by atoms with van der Waals surface area (Å²) in [4.78, 5) is 23.8. The number of aliphatic hydroxyl groups is 2. The molecule has 0 spiro atoms. The average molecular weight is 501 g/mol. The van der Waals surface area contributed by atoms with Gasteiger partial charge in [0.2, 0.25) is 0 Å². The fourth-order valence-electron chi connectivity index (χ4n) is 4.94. The predicted octanol–water partition coefficient (Wildman–Crippen LogP) is 6.26. The Labute approximate surface area is 216 Å². The zero-order chi connectivity index (χ0) is 26.6. The number of carbonyl (C=O) groups excluding carboxylic acids is 1. The number of rotatable bonds is 25. The second kappa shape index (κ2) is 20.1. The zero-order valence-electron chi connectivity index (χ0n) is 23.5. The molecule has 0 aromatic rings. The normalized spacial score (nSPS) is 14.6. The van der Waals surface area contributed by atoms with Gasteiger partial charge in [0, 0.05) is 0 Å². The highest BCUT2D eigenvalue weighted by atomic mass is 16.4. The van der Waals surface area contributed by atoms with Crippen molar-refractivity contribution in [3.05, 3.63) is 0 Å². The van der Waals surface area contributed by atoms with Crippen LogP contribution < -0.4 is 0 Å². The monoisotopic (exact) mass is 500 g/mol. The summed E-state index contributed by atoms with van der Waals surface area (Å²) in [5.41, 5.74) is -2.04. The molecule has 2 unspecified atom stereocenters. The third-order valence-corrected chi connectivity index (χ3v) is 6.77. The summed E-state index contributed by atoms with van der Waals surface area (Å²) in [6.07, 6.45) is 21.3. The maximum Gasteiger partial charge on any atom is 0.306 e. The molecule has 0 aromatic carbocycles. The molecule has 208 valence electrons. The van der Waals surface area contributed by atoms with Crippen LogP contribution in [0.15, 0.2) is 0 Å². The molecule has 0 aliphatic heterocycles. The number of carbonyl (C=O) groups is 2. The van der Waals surface area contributed by atoms with Gasteiger partial charge in [-0.05, 0) is 6.42 Å². The number of carboxylic acids is 1. The van der Waals surface area contributed by atoms with E-state index in [-0.39, 0.29) is 17.4 Å². The molecule has 35 heavy (non-hydrogen) atoms. The Kier molecular flexibility index (Phi) is 19.6. The summed E-state index contributed by atoms with van der Waals surface area (Å²) < 4.78 is 0.238. The van der Waals surface area contributed by atoms with Crippen LogP contribution in [0.5, 0.6) is 0 Å². The Bertz CT molecular complexity index is 546. The molecular weight excluding hydrogens is 442 g/mol. The average Bonchev–Trinajstić information content (AvgIpc) is 2.75. The van der Waals surface area contributed by atoms with Gasteiger partial charge in [-0.25, -0.2) is 0 Å². The molecule has 0 bridgehead atoms. The van der Waals surface area contributed by atoms with Crippen LogP contribution in [0.1, 0.15) is 135 Å². The van der Waals surface area contributed by atoms with Crippen molar-refractivity contribution in [3.63, 3.8) is 0 Å². The predicted molar refractivity (Wildman–Crippen MR) is 145 cm³/mol. The number of hydrogen-bond donors (Lipinski definition) is 3. The molecule has 0 aromatic heterocycles. The van der Waals surface area contributed by atoms with Gasteiger partial charge in [0.1, 0.15) is 12.6 Å². The number of Topliss-reactive ketones (excluding diaryl/α,β-unsaturated/α-hetero) is 1. The fraction of sp³-hybridized carbons (Fsp3) is 0.931. The van der Waals surface area contributed by atoms with Crippen molar-refractivity contribution in [1.82, 2.24) is 0 Å². The Morgan fingerprint density at radius 1 is 0.686 bits per heavy atom. The lowest BCUT2D eigenvalue weighted by Gasteiger charge is -2.34. The molecule has 0 fully saturated rings. The van der Waals surface area contributed by atoms with Gasteiger partial charge in [-0.3, -0.25) is 9.59 Å². The van der Waals surface area contributed by atoms with E-state index in [1.54, 1.807) is 21.1 Å². The Hall–Kier alpha value is -0.980. The van der Waals surface area contributed by atoms with Gasteiger partial charge in [-0.2, -0.15) is 0 Å². The van der Waals surface area contributed by atoms with Crippen LogP contribution in [0, 0.1) is 0 Å². The van der Waals surface area contributed by atoms with Crippen molar-refractivity contribution in [3.8, 4) is 0 Å². The summed E-state index contributed by atoms with van der Waals surface area (Å²) in [5.74, 6) is -2.01. The number of ketones is 1. The van der Waals surface area contributed by atoms with E-state index in [2.05, 4.69) is 6.92 Å². The van der Waals surface area contributed by atoms with Crippen LogP contribution in [0.2, 0.25) is 0 Å². The molecule has 0 rings (SSSR count). The highest BCUT2D eigenvalue weighted by molar-refractivity contribution is 5.94. The van der Waals surface area contributed by atoms with E-state index in [4.69, 9.17) is 5.11 Å². The van der Waals surface area contributed by atoms with E-state index in [9.17, 15) is 19.8 Å². The minimum Gasteiger partial charge on any atom is -0.481 e. The van der Waals surface area contributed by atoms with Crippen molar-refractivity contribution in [2.45, 2.75) is 147 Å². The van der Waals surface area contributed by atoms with Crippen LogP contribution in [0.25, 0.3) is 0 Å². The van der Waals surface area contributed by atoms with E-state index in [0.29, 0.717) is 6.42 Å². The van der Waals surface area contributed by atoms with Gasteiger partial charge in [-0.15, -0.1) is 0 Å². The van der Waals surface area contributed by atoms with Crippen molar-refractivity contribution in [2.75, 3.05) is 27.7 Å². The Morgan fingerprint density at radius 3 is 1.34 bits per heavy atom. The molecule has 0 aliphatic carbocycles. The zero-order valence-corrected chi connectivity index (χ0v) is 23.5. The topological polar surface area (TPSA) is 94.8 Å². The lowest BCUT2D eigenvalue weighted by Crippen LogP contribution is -2.57. The van der Waals surface area contributed by atoms with Gasteiger partial charge >= 0.3 is 5.97 Å². The second-order valence-corrected chi connectivity index (χ2v) is 11.7. The summed E-state index contributed by atoms with van der Waals surface area (Å²) in [6, 6.07) is 0. The maximum absolute atomic E-state index is 12.6. The van der Waals surface area contributed by atoms with E-state index in [1.165, 1.54) is 96.3 Å².